The van der Waals surface area contributed by atoms with E-state index < -0.39 is 0 Å². The van der Waals surface area contributed by atoms with Gasteiger partial charge in [-0.05, 0) is 62.5 Å². The van der Waals surface area contributed by atoms with E-state index in [0.717, 1.165) is 104 Å². The fraction of sp³-hybridized carbons (Fsp3) is 0. The Hall–Kier alpha value is -8.80. The summed E-state index contributed by atoms with van der Waals surface area (Å²) in [5, 5.41) is 9.96. The molecular weight excluding hydrogens is 793 g/mol. The fourth-order valence-corrected chi connectivity index (χ4v) is 9.64. The summed E-state index contributed by atoms with van der Waals surface area (Å²) in [4.78, 5) is 20.9. The number of nitrogens with zero attached hydrogens (tertiary/aromatic N) is 4. The Morgan fingerprint density at radius 2 is 0.815 bits per heavy atom. The number of benzene rings is 10. The van der Waals surface area contributed by atoms with Gasteiger partial charge in [0.05, 0.1) is 11.2 Å². The van der Waals surface area contributed by atoms with Crippen molar-refractivity contribution in [2.45, 2.75) is 0 Å². The lowest BCUT2D eigenvalue weighted by Crippen LogP contribution is -2.01. The molecule has 3 heterocycles. The molecule has 0 fully saturated rings. The minimum Gasteiger partial charge on any atom is -0.456 e. The first-order valence-electron chi connectivity index (χ1n) is 21.9. The second kappa shape index (κ2) is 14.9. The summed E-state index contributed by atoms with van der Waals surface area (Å²) in [6.45, 7) is 0. The lowest BCUT2D eigenvalue weighted by Gasteiger charge is -2.16. The summed E-state index contributed by atoms with van der Waals surface area (Å²) in [5.41, 5.74) is 11.8. The third kappa shape index (κ3) is 6.16. The predicted molar refractivity (Wildman–Crippen MR) is 268 cm³/mol. The van der Waals surface area contributed by atoms with Gasteiger partial charge in [-0.15, -0.1) is 0 Å². The van der Waals surface area contributed by atoms with E-state index in [9.17, 15) is 0 Å². The lowest BCUT2D eigenvalue weighted by molar-refractivity contribution is 0.669. The maximum absolute atomic E-state index is 6.71. The fourth-order valence-electron chi connectivity index (χ4n) is 9.64. The van der Waals surface area contributed by atoms with Crippen LogP contribution >= 0.6 is 0 Å². The van der Waals surface area contributed by atoms with Crippen molar-refractivity contribution < 1.29 is 4.42 Å². The molecule has 5 nitrogen and oxygen atoms in total. The summed E-state index contributed by atoms with van der Waals surface area (Å²) in [7, 11) is 0. The Kier molecular flexibility index (Phi) is 8.46. The van der Waals surface area contributed by atoms with E-state index in [0.29, 0.717) is 17.5 Å². The SMILES string of the molecule is c1ccc(-c2ccc(-c3nc4ccccc4c4c(-c5ccc(-c6nc(-c7ccccc7)nc(-c7cc8ccccc8c8ccccc78)n6)cc5)c5c(cc34)oc3ccccc35)cc2)cc1. The third-order valence-corrected chi connectivity index (χ3v) is 12.7. The number of pyridine rings is 1. The average Bonchev–Trinajstić information content (AvgIpc) is 3.76. The molecular formula is C60H36N4O. The van der Waals surface area contributed by atoms with Crippen LogP contribution < -0.4 is 0 Å². The van der Waals surface area contributed by atoms with Crippen LogP contribution in [0.3, 0.4) is 0 Å². The number of furan rings is 1. The van der Waals surface area contributed by atoms with E-state index in [1.54, 1.807) is 0 Å². The van der Waals surface area contributed by atoms with Crippen molar-refractivity contribution in [2.75, 3.05) is 0 Å². The molecule has 0 saturated heterocycles. The van der Waals surface area contributed by atoms with Crippen LogP contribution in [0, 0.1) is 0 Å². The highest BCUT2D eigenvalue weighted by atomic mass is 16.3. The maximum Gasteiger partial charge on any atom is 0.164 e. The molecule has 0 aliphatic rings. The first kappa shape index (κ1) is 36.8. The van der Waals surface area contributed by atoms with Crippen LogP contribution in [0.2, 0.25) is 0 Å². The van der Waals surface area contributed by atoms with Crippen molar-refractivity contribution in [3.8, 4) is 67.7 Å². The third-order valence-electron chi connectivity index (χ3n) is 12.7. The summed E-state index contributed by atoms with van der Waals surface area (Å²) in [6, 6.07) is 76.3. The highest BCUT2D eigenvalue weighted by Crippen LogP contribution is 2.47. The topological polar surface area (TPSA) is 64.7 Å². The molecule has 10 aromatic carbocycles. The van der Waals surface area contributed by atoms with Gasteiger partial charge in [0.1, 0.15) is 11.2 Å². The zero-order valence-corrected chi connectivity index (χ0v) is 35.0. The largest absolute Gasteiger partial charge is 0.456 e. The number of fused-ring (bicyclic) bond motifs is 9. The molecule has 0 N–H and O–H groups in total. The van der Waals surface area contributed by atoms with Crippen LogP contribution in [0.25, 0.3) is 133 Å². The minimum absolute atomic E-state index is 0.602. The maximum atomic E-state index is 6.71. The van der Waals surface area contributed by atoms with E-state index in [1.807, 2.05) is 36.4 Å². The quantitative estimate of drug-likeness (QED) is 0.156. The molecule has 0 spiro atoms. The van der Waals surface area contributed by atoms with Gasteiger partial charge in [-0.2, -0.15) is 0 Å². The molecule has 3 aromatic heterocycles. The molecule has 5 heteroatoms. The van der Waals surface area contributed by atoms with Crippen molar-refractivity contribution in [2.24, 2.45) is 0 Å². The molecule has 65 heavy (non-hydrogen) atoms. The van der Waals surface area contributed by atoms with E-state index in [4.69, 9.17) is 24.4 Å². The Morgan fingerprint density at radius 3 is 1.57 bits per heavy atom. The summed E-state index contributed by atoms with van der Waals surface area (Å²) in [5.74, 6) is 1.85. The summed E-state index contributed by atoms with van der Waals surface area (Å²) in [6.07, 6.45) is 0. The van der Waals surface area contributed by atoms with Crippen LogP contribution in [0.5, 0.6) is 0 Å². The Labute approximate surface area is 374 Å². The first-order chi connectivity index (χ1) is 32.2. The number of aromatic nitrogens is 4. The number of rotatable bonds is 6. The average molecular weight is 829 g/mol. The second-order valence-electron chi connectivity index (χ2n) is 16.5. The van der Waals surface area contributed by atoms with E-state index in [1.165, 1.54) is 10.9 Å². The molecule has 0 radical (unpaired) electrons. The number of para-hydroxylation sites is 2. The van der Waals surface area contributed by atoms with Gasteiger partial charge in [0.15, 0.2) is 17.5 Å². The normalized spacial score (nSPS) is 11.7. The molecule has 0 saturated carbocycles. The van der Waals surface area contributed by atoms with E-state index in [-0.39, 0.29) is 0 Å². The summed E-state index contributed by atoms with van der Waals surface area (Å²) >= 11 is 0. The van der Waals surface area contributed by atoms with Crippen LogP contribution in [-0.4, -0.2) is 19.9 Å². The second-order valence-corrected chi connectivity index (χ2v) is 16.5. The Bertz CT molecular complexity index is 3970. The van der Waals surface area contributed by atoms with Gasteiger partial charge >= 0.3 is 0 Å². The Morgan fingerprint density at radius 1 is 0.292 bits per heavy atom. The van der Waals surface area contributed by atoms with Crippen LogP contribution in [-0.2, 0) is 0 Å². The van der Waals surface area contributed by atoms with Crippen molar-refractivity contribution in [1.29, 1.82) is 0 Å². The van der Waals surface area contributed by atoms with Crippen molar-refractivity contribution in [3.63, 3.8) is 0 Å². The molecule has 0 bridgehead atoms. The molecule has 0 amide bonds. The monoisotopic (exact) mass is 828 g/mol. The van der Waals surface area contributed by atoms with Gasteiger partial charge < -0.3 is 4.42 Å². The molecule has 13 rings (SSSR count). The van der Waals surface area contributed by atoms with Gasteiger partial charge in [-0.3, -0.25) is 0 Å². The highest BCUT2D eigenvalue weighted by molar-refractivity contribution is 6.27. The summed E-state index contributed by atoms with van der Waals surface area (Å²) < 4.78 is 6.71. The standard InChI is InChI=1S/C60H36N4O/c1-3-15-37(16-4-1)38-27-31-40(32-28-38)57-50-36-53-56(48-24-12-14-26-52(48)65-53)54(55(50)47-23-11-13-25-51(47)61-57)39-29-33-42(34-30-39)59-62-58(41-17-5-2-6-18-41)63-60(64-59)49-35-43-19-7-8-20-44(43)45-21-9-10-22-46(45)49/h1-36H. The first-order valence-corrected chi connectivity index (χ1v) is 21.9. The van der Waals surface area contributed by atoms with Gasteiger partial charge in [-0.25, -0.2) is 19.9 Å². The zero-order valence-electron chi connectivity index (χ0n) is 35.0. The van der Waals surface area contributed by atoms with Crippen LogP contribution in [0.1, 0.15) is 0 Å². The smallest absolute Gasteiger partial charge is 0.164 e. The van der Waals surface area contributed by atoms with Crippen molar-refractivity contribution in [1.82, 2.24) is 19.9 Å². The number of hydrogen-bond donors (Lipinski definition) is 0. The lowest BCUT2D eigenvalue weighted by atomic mass is 9.89. The van der Waals surface area contributed by atoms with E-state index >= 15 is 0 Å². The van der Waals surface area contributed by atoms with Crippen LogP contribution in [0.4, 0.5) is 0 Å². The van der Waals surface area contributed by atoms with Crippen LogP contribution in [0.15, 0.2) is 223 Å². The molecule has 302 valence electrons. The Balaban J connectivity index is 1.03. The van der Waals surface area contributed by atoms with Gasteiger partial charge in [0.25, 0.3) is 0 Å². The van der Waals surface area contributed by atoms with Gasteiger partial charge in [-0.1, -0.05) is 194 Å². The zero-order chi connectivity index (χ0) is 42.8. The van der Waals surface area contributed by atoms with Crippen molar-refractivity contribution >= 4 is 65.2 Å². The van der Waals surface area contributed by atoms with Gasteiger partial charge in [0.2, 0.25) is 0 Å². The molecule has 0 aliphatic heterocycles. The molecule has 0 unspecified atom stereocenters. The highest BCUT2D eigenvalue weighted by Gasteiger charge is 2.23. The molecule has 13 aromatic rings. The molecule has 0 aliphatic carbocycles. The number of hydrogen-bond acceptors (Lipinski definition) is 5. The minimum atomic E-state index is 0.602. The molecule has 0 atom stereocenters. The van der Waals surface area contributed by atoms with Gasteiger partial charge in [0, 0.05) is 54.7 Å². The van der Waals surface area contributed by atoms with E-state index in [2.05, 4.69) is 182 Å². The van der Waals surface area contributed by atoms with Crippen molar-refractivity contribution in [3.05, 3.63) is 218 Å². The predicted octanol–water partition coefficient (Wildman–Crippen LogP) is 15.8.